The molecule has 4 nitrogen and oxygen atoms in total. The lowest BCUT2D eigenvalue weighted by molar-refractivity contribution is 0.0621. The van der Waals surface area contributed by atoms with Gasteiger partial charge in [0.05, 0.1) is 6.10 Å². The minimum atomic E-state index is -1.61. The third-order valence-electron chi connectivity index (χ3n) is 1.88. The zero-order valence-corrected chi connectivity index (χ0v) is 6.04. The summed E-state index contributed by atoms with van der Waals surface area (Å²) in [7, 11) is 0. The molecule has 0 aromatic rings. The van der Waals surface area contributed by atoms with Crippen LogP contribution in [-0.4, -0.2) is 27.6 Å². The molecule has 4 atom stereocenters. The lowest BCUT2D eigenvalue weighted by atomic mass is 10.2. The van der Waals surface area contributed by atoms with Crippen molar-refractivity contribution in [1.29, 1.82) is 0 Å². The molecule has 0 aromatic carbocycles. The van der Waals surface area contributed by atoms with E-state index in [1.165, 1.54) is 0 Å². The number of aliphatic hydroxyl groups is 1. The van der Waals surface area contributed by atoms with Crippen LogP contribution >= 0.6 is 0 Å². The zero-order chi connectivity index (χ0) is 7.14. The smallest absolute Gasteiger partial charge is 0.305 e. The van der Waals surface area contributed by atoms with E-state index in [-0.39, 0.29) is 12.2 Å². The monoisotopic (exact) mass is 164 g/mol. The Labute approximate surface area is 61.0 Å². The van der Waals surface area contributed by atoms with Gasteiger partial charge in [-0.25, -0.2) is 0 Å². The molecule has 58 valence electrons. The molecule has 5 heteroatoms. The van der Waals surface area contributed by atoms with Crippen molar-refractivity contribution in [1.82, 2.24) is 0 Å². The summed E-state index contributed by atoms with van der Waals surface area (Å²) in [5.41, 5.74) is 0. The fraction of sp³-hybridized carbons (Fsp3) is 1.00. The predicted octanol–water partition coefficient (Wildman–Crippen LogP) is -0.496. The Morgan fingerprint density at radius 2 is 2.20 bits per heavy atom. The van der Waals surface area contributed by atoms with E-state index in [1.54, 1.807) is 0 Å². The molecule has 1 N–H and O–H groups in total. The van der Waals surface area contributed by atoms with E-state index in [0.29, 0.717) is 6.42 Å². The standard InChI is InChI=1S/C5H8O4S/c6-3-1-2-4-5(3)9-10(7)8-4/h3-6H,1-2H2/t3-,4-,5+,10?/m1/s1. The average molecular weight is 164 g/mol. The van der Waals surface area contributed by atoms with Gasteiger partial charge in [0.25, 0.3) is 0 Å². The van der Waals surface area contributed by atoms with E-state index in [1.807, 2.05) is 0 Å². The Morgan fingerprint density at radius 1 is 1.40 bits per heavy atom. The second-order valence-electron chi connectivity index (χ2n) is 2.54. The number of hydrogen-bond donors (Lipinski definition) is 1. The van der Waals surface area contributed by atoms with Crippen molar-refractivity contribution in [3.05, 3.63) is 0 Å². The summed E-state index contributed by atoms with van der Waals surface area (Å²) in [5, 5.41) is 9.18. The van der Waals surface area contributed by atoms with E-state index in [9.17, 15) is 9.32 Å². The SMILES string of the molecule is O=S1O[C@H]2[C@H](O)CC[C@H]2O1. The number of fused-ring (bicyclic) bond motifs is 1. The maximum absolute atomic E-state index is 10.6. The van der Waals surface area contributed by atoms with Gasteiger partial charge in [0.15, 0.2) is 0 Å². The molecule has 0 aromatic heterocycles. The molecule has 1 aliphatic carbocycles. The van der Waals surface area contributed by atoms with Crippen LogP contribution in [0.5, 0.6) is 0 Å². The molecule has 1 saturated heterocycles. The summed E-state index contributed by atoms with van der Waals surface area (Å²) in [5.74, 6) is 0. The van der Waals surface area contributed by atoms with Gasteiger partial charge in [-0.15, -0.1) is 0 Å². The molecule has 1 unspecified atom stereocenters. The topological polar surface area (TPSA) is 55.8 Å². The van der Waals surface area contributed by atoms with Gasteiger partial charge in [-0.1, -0.05) is 0 Å². The summed E-state index contributed by atoms with van der Waals surface area (Å²) >= 11 is -1.61. The second-order valence-corrected chi connectivity index (χ2v) is 3.34. The fourth-order valence-electron chi connectivity index (χ4n) is 1.35. The van der Waals surface area contributed by atoms with Gasteiger partial charge in [-0.05, 0) is 12.8 Å². The molecule has 2 rings (SSSR count). The molecule has 0 amide bonds. The first-order valence-electron chi connectivity index (χ1n) is 3.21. The molecule has 1 heterocycles. The van der Waals surface area contributed by atoms with Crippen LogP contribution in [0.15, 0.2) is 0 Å². The highest BCUT2D eigenvalue weighted by molar-refractivity contribution is 7.75. The largest absolute Gasteiger partial charge is 0.390 e. The molecule has 0 bridgehead atoms. The minimum Gasteiger partial charge on any atom is -0.390 e. The first-order valence-corrected chi connectivity index (χ1v) is 4.21. The van der Waals surface area contributed by atoms with Gasteiger partial charge in [0, 0.05) is 0 Å². The van der Waals surface area contributed by atoms with Gasteiger partial charge in [0.2, 0.25) is 0 Å². The van der Waals surface area contributed by atoms with Gasteiger partial charge in [0.1, 0.15) is 12.2 Å². The van der Waals surface area contributed by atoms with Crippen molar-refractivity contribution in [3.63, 3.8) is 0 Å². The molecular formula is C5H8O4S. The van der Waals surface area contributed by atoms with Crippen LogP contribution < -0.4 is 0 Å². The summed E-state index contributed by atoms with van der Waals surface area (Å²) in [6.45, 7) is 0. The van der Waals surface area contributed by atoms with Gasteiger partial charge in [-0.2, -0.15) is 4.21 Å². The highest BCUT2D eigenvalue weighted by Gasteiger charge is 2.44. The second kappa shape index (κ2) is 2.27. The number of rotatable bonds is 0. The molecule has 10 heavy (non-hydrogen) atoms. The van der Waals surface area contributed by atoms with E-state index in [0.717, 1.165) is 6.42 Å². The van der Waals surface area contributed by atoms with Crippen LogP contribution in [0.25, 0.3) is 0 Å². The molecular weight excluding hydrogens is 156 g/mol. The predicted molar refractivity (Wildman–Crippen MR) is 33.1 cm³/mol. The third kappa shape index (κ3) is 0.897. The van der Waals surface area contributed by atoms with E-state index >= 15 is 0 Å². The highest BCUT2D eigenvalue weighted by Crippen LogP contribution is 2.31. The van der Waals surface area contributed by atoms with Gasteiger partial charge >= 0.3 is 11.4 Å². The van der Waals surface area contributed by atoms with Crippen LogP contribution in [0.3, 0.4) is 0 Å². The number of hydrogen-bond acceptors (Lipinski definition) is 4. The lowest BCUT2D eigenvalue weighted by Crippen LogP contribution is -2.25. The fourth-order valence-corrected chi connectivity index (χ4v) is 2.24. The van der Waals surface area contributed by atoms with Gasteiger partial charge in [-0.3, -0.25) is 8.37 Å². The van der Waals surface area contributed by atoms with Crippen LogP contribution in [0, 0.1) is 0 Å². The highest BCUT2D eigenvalue weighted by atomic mass is 32.2. The maximum Gasteiger partial charge on any atom is 0.305 e. The Kier molecular flexibility index (Phi) is 1.52. The van der Waals surface area contributed by atoms with Crippen molar-refractivity contribution in [3.8, 4) is 0 Å². The van der Waals surface area contributed by atoms with Crippen LogP contribution in [0.2, 0.25) is 0 Å². The Bertz CT molecular complexity index is 171. The van der Waals surface area contributed by atoms with Crippen molar-refractivity contribution in [2.24, 2.45) is 0 Å². The average Bonchev–Trinajstić information content (AvgIpc) is 2.35. The van der Waals surface area contributed by atoms with Crippen molar-refractivity contribution >= 4 is 11.4 Å². The Hall–Kier alpha value is 0.0300. The molecule has 2 aliphatic rings. The summed E-state index contributed by atoms with van der Waals surface area (Å²) in [6.07, 6.45) is 0.456. The zero-order valence-electron chi connectivity index (χ0n) is 5.23. The maximum atomic E-state index is 10.6. The summed E-state index contributed by atoms with van der Waals surface area (Å²) in [6, 6.07) is 0. The molecule has 1 saturated carbocycles. The molecule has 2 fully saturated rings. The van der Waals surface area contributed by atoms with Crippen LogP contribution in [0.4, 0.5) is 0 Å². The molecule has 0 spiro atoms. The quantitative estimate of drug-likeness (QED) is 0.524. The lowest BCUT2D eigenvalue weighted by Gasteiger charge is -2.06. The Morgan fingerprint density at radius 3 is 2.90 bits per heavy atom. The third-order valence-corrected chi connectivity index (χ3v) is 2.67. The van der Waals surface area contributed by atoms with Crippen molar-refractivity contribution in [2.45, 2.75) is 31.2 Å². The first-order chi connectivity index (χ1) is 4.77. The van der Waals surface area contributed by atoms with Crippen LogP contribution in [0.1, 0.15) is 12.8 Å². The normalized spacial score (nSPS) is 53.3. The minimum absolute atomic E-state index is 0.143. The Balaban J connectivity index is 2.12. The van der Waals surface area contributed by atoms with E-state index in [4.69, 9.17) is 8.37 Å². The van der Waals surface area contributed by atoms with Crippen molar-refractivity contribution in [2.75, 3.05) is 0 Å². The van der Waals surface area contributed by atoms with Crippen LogP contribution in [-0.2, 0) is 19.7 Å². The first kappa shape index (κ1) is 6.72. The van der Waals surface area contributed by atoms with Gasteiger partial charge < -0.3 is 5.11 Å². The van der Waals surface area contributed by atoms with E-state index in [2.05, 4.69) is 0 Å². The van der Waals surface area contributed by atoms with Crippen molar-refractivity contribution < 1.29 is 17.7 Å². The molecule has 0 radical (unpaired) electrons. The van der Waals surface area contributed by atoms with E-state index < -0.39 is 17.5 Å². The summed E-state index contributed by atoms with van der Waals surface area (Å²) < 4.78 is 20.2. The summed E-state index contributed by atoms with van der Waals surface area (Å²) in [4.78, 5) is 0. The number of aliphatic hydroxyl groups excluding tert-OH is 1. The molecule has 1 aliphatic heterocycles.